The van der Waals surface area contributed by atoms with Gasteiger partial charge in [0.15, 0.2) is 0 Å². The fourth-order valence-corrected chi connectivity index (χ4v) is 4.84. The summed E-state index contributed by atoms with van der Waals surface area (Å²) in [5.41, 5.74) is 0. The topological polar surface area (TPSA) is 63.7 Å². The van der Waals surface area contributed by atoms with Crippen molar-refractivity contribution in [1.29, 1.82) is 0 Å². The molecular formula is C27H53F2NO4S. The molecule has 8 heteroatoms. The zero-order valence-corrected chi connectivity index (χ0v) is 23.6. The van der Waals surface area contributed by atoms with Gasteiger partial charge in [-0.1, -0.05) is 129 Å². The minimum Gasteiger partial charge on any atom is -0.336 e. The van der Waals surface area contributed by atoms with Crippen LogP contribution in [-0.4, -0.2) is 44.7 Å². The number of rotatable bonds is 25. The molecule has 5 nitrogen and oxygen atoms in total. The number of hydrogen-bond donors (Lipinski definition) is 0. The van der Waals surface area contributed by atoms with Crippen LogP contribution < -0.4 is 0 Å². The van der Waals surface area contributed by atoms with Gasteiger partial charge in [0.2, 0.25) is 0 Å². The molecule has 0 saturated carbocycles. The quantitative estimate of drug-likeness (QED) is 0.0889. The van der Waals surface area contributed by atoms with Crippen molar-refractivity contribution >= 4 is 16.0 Å². The van der Waals surface area contributed by atoms with E-state index in [1.165, 1.54) is 77.0 Å². The smallest absolute Gasteiger partial charge is 0.336 e. The van der Waals surface area contributed by atoms with Gasteiger partial charge in [-0.2, -0.15) is 17.2 Å². The van der Waals surface area contributed by atoms with E-state index < -0.39 is 21.3 Å². The predicted octanol–water partition coefficient (Wildman–Crippen LogP) is 8.23. The maximum Gasteiger partial charge on any atom is 0.447 e. The van der Waals surface area contributed by atoms with E-state index in [4.69, 9.17) is 0 Å². The standard InChI is InChI=1S/C27H53F2NO4S/c1-4-6-8-10-12-14-16-18-20-22-24-30(26(31)27(28,29)35(32,33)34-3)25-23-21-19-17-15-13-11-9-7-5-2/h4-25H2,1-3H3. The van der Waals surface area contributed by atoms with Crippen LogP contribution in [-0.2, 0) is 19.1 Å². The Morgan fingerprint density at radius 3 is 1.20 bits per heavy atom. The molecule has 0 rings (SSSR count). The van der Waals surface area contributed by atoms with Gasteiger partial charge in [-0.15, -0.1) is 0 Å². The highest BCUT2D eigenvalue weighted by Crippen LogP contribution is 2.26. The number of unbranched alkanes of at least 4 members (excludes halogenated alkanes) is 18. The molecule has 0 bridgehead atoms. The van der Waals surface area contributed by atoms with E-state index in [0.717, 1.165) is 43.4 Å². The maximum atomic E-state index is 14.3. The second kappa shape index (κ2) is 21.3. The second-order valence-corrected chi connectivity index (χ2v) is 11.5. The van der Waals surface area contributed by atoms with Gasteiger partial charge in [-0.05, 0) is 12.8 Å². The molecule has 35 heavy (non-hydrogen) atoms. The van der Waals surface area contributed by atoms with E-state index in [9.17, 15) is 22.0 Å². The minimum atomic E-state index is -5.27. The Morgan fingerprint density at radius 2 is 0.914 bits per heavy atom. The number of halogens is 2. The molecule has 0 heterocycles. The Bertz CT molecular complexity index is 590. The molecule has 0 aromatic heterocycles. The first-order valence-electron chi connectivity index (χ1n) is 14.2. The summed E-state index contributed by atoms with van der Waals surface area (Å²) in [6, 6.07) is 0. The van der Waals surface area contributed by atoms with Crippen LogP contribution in [0, 0.1) is 0 Å². The van der Waals surface area contributed by atoms with Gasteiger partial charge in [0.25, 0.3) is 0 Å². The summed E-state index contributed by atoms with van der Waals surface area (Å²) in [4.78, 5) is 13.5. The third-order valence-corrected chi connectivity index (χ3v) is 7.87. The summed E-state index contributed by atoms with van der Waals surface area (Å²) in [5, 5.41) is -4.56. The number of carbonyl (C=O) groups excluding carboxylic acids is 1. The average Bonchev–Trinajstić information content (AvgIpc) is 2.84. The first-order chi connectivity index (χ1) is 16.7. The van der Waals surface area contributed by atoms with Gasteiger partial charge in [-0.3, -0.25) is 8.98 Å². The number of nitrogens with zero attached hydrogens (tertiary/aromatic N) is 1. The lowest BCUT2D eigenvalue weighted by Crippen LogP contribution is -2.49. The molecule has 0 N–H and O–H groups in total. The Kier molecular flexibility index (Phi) is 20.9. The highest BCUT2D eigenvalue weighted by Gasteiger charge is 2.55. The zero-order valence-electron chi connectivity index (χ0n) is 22.8. The lowest BCUT2D eigenvalue weighted by atomic mass is 10.1. The van der Waals surface area contributed by atoms with Gasteiger partial charge >= 0.3 is 21.3 Å². The Hall–Kier alpha value is -0.760. The molecule has 0 aromatic carbocycles. The van der Waals surface area contributed by atoms with Crippen molar-refractivity contribution in [2.24, 2.45) is 0 Å². The van der Waals surface area contributed by atoms with Crippen molar-refractivity contribution in [2.75, 3.05) is 20.2 Å². The van der Waals surface area contributed by atoms with E-state index in [-0.39, 0.29) is 13.1 Å². The van der Waals surface area contributed by atoms with E-state index >= 15 is 0 Å². The Labute approximate surface area is 214 Å². The maximum absolute atomic E-state index is 14.3. The molecule has 210 valence electrons. The van der Waals surface area contributed by atoms with Crippen molar-refractivity contribution in [3.63, 3.8) is 0 Å². The molecule has 0 aromatic rings. The molecule has 0 aliphatic carbocycles. The summed E-state index contributed by atoms with van der Waals surface area (Å²) in [6.07, 6.45) is 22.0. The van der Waals surface area contributed by atoms with Crippen molar-refractivity contribution in [2.45, 2.75) is 148 Å². The van der Waals surface area contributed by atoms with Gasteiger partial charge in [-0.25, -0.2) is 0 Å². The SMILES string of the molecule is CCCCCCCCCCCCN(CCCCCCCCCCCC)C(=O)C(F)(F)S(=O)(=O)OC. The first-order valence-corrected chi connectivity index (χ1v) is 15.6. The largest absolute Gasteiger partial charge is 0.447 e. The van der Waals surface area contributed by atoms with Crippen LogP contribution in [0.2, 0.25) is 0 Å². The molecule has 0 fully saturated rings. The number of carbonyl (C=O) groups is 1. The summed E-state index contributed by atoms with van der Waals surface area (Å²) < 4.78 is 55.9. The molecule has 0 unspecified atom stereocenters. The molecule has 0 aliphatic rings. The molecule has 0 aliphatic heterocycles. The second-order valence-electron chi connectivity index (χ2n) is 9.79. The monoisotopic (exact) mass is 525 g/mol. The molecule has 1 amide bonds. The van der Waals surface area contributed by atoms with Crippen LogP contribution in [0.5, 0.6) is 0 Å². The molecule has 0 atom stereocenters. The van der Waals surface area contributed by atoms with Crippen LogP contribution in [0.1, 0.15) is 142 Å². The highest BCUT2D eigenvalue weighted by atomic mass is 32.2. The van der Waals surface area contributed by atoms with Gasteiger partial charge in [0.05, 0.1) is 7.11 Å². The van der Waals surface area contributed by atoms with Gasteiger partial charge < -0.3 is 4.90 Å². The molecule has 0 saturated heterocycles. The van der Waals surface area contributed by atoms with E-state index in [1.54, 1.807) is 0 Å². The van der Waals surface area contributed by atoms with Crippen molar-refractivity contribution in [3.8, 4) is 0 Å². The number of alkyl halides is 2. The van der Waals surface area contributed by atoms with Crippen LogP contribution in [0.25, 0.3) is 0 Å². The Morgan fingerprint density at radius 1 is 0.629 bits per heavy atom. The van der Waals surface area contributed by atoms with E-state index in [0.29, 0.717) is 20.0 Å². The molecule has 0 radical (unpaired) electrons. The number of hydrogen-bond acceptors (Lipinski definition) is 4. The predicted molar refractivity (Wildman–Crippen MR) is 141 cm³/mol. The highest BCUT2D eigenvalue weighted by molar-refractivity contribution is 7.88. The van der Waals surface area contributed by atoms with Crippen molar-refractivity contribution in [1.82, 2.24) is 4.90 Å². The van der Waals surface area contributed by atoms with Gasteiger partial charge in [0, 0.05) is 13.1 Å². The van der Waals surface area contributed by atoms with Crippen molar-refractivity contribution < 1.29 is 26.2 Å². The van der Waals surface area contributed by atoms with Gasteiger partial charge in [0.1, 0.15) is 0 Å². The van der Waals surface area contributed by atoms with E-state index in [2.05, 4.69) is 18.0 Å². The molecule has 0 spiro atoms. The Balaban J connectivity index is 4.43. The zero-order chi connectivity index (χ0) is 26.4. The van der Waals surface area contributed by atoms with Crippen LogP contribution in [0.3, 0.4) is 0 Å². The van der Waals surface area contributed by atoms with Crippen LogP contribution >= 0.6 is 0 Å². The summed E-state index contributed by atoms with van der Waals surface area (Å²) in [5.74, 6) is -1.66. The van der Waals surface area contributed by atoms with Crippen molar-refractivity contribution in [3.05, 3.63) is 0 Å². The fraction of sp³-hybridized carbons (Fsp3) is 0.963. The average molecular weight is 526 g/mol. The van der Waals surface area contributed by atoms with E-state index in [1.807, 2.05) is 0 Å². The molecular weight excluding hydrogens is 472 g/mol. The summed E-state index contributed by atoms with van der Waals surface area (Å²) in [6.45, 7) is 4.71. The third-order valence-electron chi connectivity index (χ3n) is 6.63. The lowest BCUT2D eigenvalue weighted by molar-refractivity contribution is -0.147. The summed E-state index contributed by atoms with van der Waals surface area (Å²) >= 11 is 0. The minimum absolute atomic E-state index is 0.154. The third kappa shape index (κ3) is 15.9. The lowest BCUT2D eigenvalue weighted by Gasteiger charge is -2.26. The number of amides is 1. The summed E-state index contributed by atoms with van der Waals surface area (Å²) in [7, 11) is -4.61. The first kappa shape index (κ1) is 34.2. The van der Waals surface area contributed by atoms with Crippen LogP contribution in [0.4, 0.5) is 8.78 Å². The fourth-order valence-electron chi connectivity index (χ4n) is 4.29. The normalized spacial score (nSPS) is 12.3. The van der Waals surface area contributed by atoms with Crippen LogP contribution in [0.15, 0.2) is 0 Å².